The summed E-state index contributed by atoms with van der Waals surface area (Å²) in [5.41, 5.74) is 2.28. The molecule has 0 saturated carbocycles. The molecule has 2 aromatic rings. The first kappa shape index (κ1) is 18.2. The van der Waals surface area contributed by atoms with Crippen molar-refractivity contribution >= 4 is 40.9 Å². The van der Waals surface area contributed by atoms with E-state index in [0.717, 1.165) is 33.5 Å². The molecule has 1 N–H and O–H groups in total. The third-order valence-corrected chi connectivity index (χ3v) is 4.97. The minimum atomic E-state index is 0.0885. The van der Waals surface area contributed by atoms with Crippen LogP contribution < -0.4 is 5.32 Å². The number of nitrogens with one attached hydrogen (secondary N) is 1. The zero-order valence-electron chi connectivity index (χ0n) is 12.7. The third kappa shape index (κ3) is 6.86. The fourth-order valence-corrected chi connectivity index (χ4v) is 3.40. The SMILES string of the molecule is O=C(CCSCc1ccccc1Cl)NCCc1ccc(Cl)cc1. The summed E-state index contributed by atoms with van der Waals surface area (Å²) in [7, 11) is 0. The van der Waals surface area contributed by atoms with Crippen molar-refractivity contribution in [1.82, 2.24) is 5.32 Å². The molecule has 0 unspecified atom stereocenters. The number of carbonyl (C=O) groups is 1. The van der Waals surface area contributed by atoms with Gasteiger partial charge < -0.3 is 5.32 Å². The highest BCUT2D eigenvalue weighted by molar-refractivity contribution is 7.98. The molecule has 122 valence electrons. The van der Waals surface area contributed by atoms with Gasteiger partial charge in [0.25, 0.3) is 0 Å². The highest BCUT2D eigenvalue weighted by atomic mass is 35.5. The van der Waals surface area contributed by atoms with E-state index in [4.69, 9.17) is 23.2 Å². The van der Waals surface area contributed by atoms with Gasteiger partial charge in [-0.3, -0.25) is 4.79 Å². The summed E-state index contributed by atoms with van der Waals surface area (Å²) >= 11 is 13.7. The van der Waals surface area contributed by atoms with Crippen LogP contribution in [0.2, 0.25) is 10.0 Å². The molecule has 5 heteroatoms. The van der Waals surface area contributed by atoms with Gasteiger partial charge in [0.15, 0.2) is 0 Å². The molecule has 0 heterocycles. The molecular weight excluding hydrogens is 349 g/mol. The molecule has 0 bridgehead atoms. The van der Waals surface area contributed by atoms with Crippen molar-refractivity contribution in [2.75, 3.05) is 12.3 Å². The average molecular weight is 368 g/mol. The smallest absolute Gasteiger partial charge is 0.220 e. The summed E-state index contributed by atoms with van der Waals surface area (Å²) in [6.45, 7) is 0.648. The van der Waals surface area contributed by atoms with Crippen molar-refractivity contribution in [3.05, 3.63) is 69.7 Å². The maximum Gasteiger partial charge on any atom is 0.220 e. The Kier molecular flexibility index (Phi) is 7.80. The maximum absolute atomic E-state index is 11.8. The lowest BCUT2D eigenvalue weighted by Gasteiger charge is -2.06. The predicted octanol–water partition coefficient (Wildman–Crippen LogP) is 4.98. The minimum Gasteiger partial charge on any atom is -0.356 e. The number of hydrogen-bond acceptors (Lipinski definition) is 2. The third-order valence-electron chi connectivity index (χ3n) is 3.34. The van der Waals surface area contributed by atoms with Crippen LogP contribution in [0.5, 0.6) is 0 Å². The summed E-state index contributed by atoms with van der Waals surface area (Å²) in [6, 6.07) is 15.5. The van der Waals surface area contributed by atoms with Crippen LogP contribution in [-0.4, -0.2) is 18.2 Å². The van der Waals surface area contributed by atoms with Crippen molar-refractivity contribution in [3.8, 4) is 0 Å². The Hall–Kier alpha value is -1.16. The van der Waals surface area contributed by atoms with Gasteiger partial charge >= 0.3 is 0 Å². The lowest BCUT2D eigenvalue weighted by molar-refractivity contribution is -0.120. The molecule has 2 rings (SSSR count). The minimum absolute atomic E-state index is 0.0885. The summed E-state index contributed by atoms with van der Waals surface area (Å²) < 4.78 is 0. The van der Waals surface area contributed by atoms with Crippen LogP contribution in [0.1, 0.15) is 17.5 Å². The Balaban J connectivity index is 1.58. The van der Waals surface area contributed by atoms with Crippen LogP contribution in [0.4, 0.5) is 0 Å². The van der Waals surface area contributed by atoms with Crippen LogP contribution in [-0.2, 0) is 17.0 Å². The van der Waals surface area contributed by atoms with E-state index in [9.17, 15) is 4.79 Å². The molecule has 0 fully saturated rings. The standard InChI is InChI=1S/C18H19Cl2NOS/c19-16-7-5-14(6-8-16)9-11-21-18(22)10-12-23-13-15-3-1-2-4-17(15)20/h1-8H,9-13H2,(H,21,22). The summed E-state index contributed by atoms with van der Waals surface area (Å²) in [4.78, 5) is 11.8. The number of hydrogen-bond donors (Lipinski definition) is 1. The van der Waals surface area contributed by atoms with Gasteiger partial charge in [-0.05, 0) is 35.7 Å². The van der Waals surface area contributed by atoms with E-state index in [1.54, 1.807) is 11.8 Å². The van der Waals surface area contributed by atoms with E-state index in [1.165, 1.54) is 5.56 Å². The molecule has 0 atom stereocenters. The molecule has 0 aliphatic heterocycles. The first-order chi connectivity index (χ1) is 11.1. The van der Waals surface area contributed by atoms with Crippen molar-refractivity contribution in [3.63, 3.8) is 0 Å². The Labute approximate surface area is 151 Å². The Morgan fingerprint density at radius 1 is 1.04 bits per heavy atom. The number of carbonyl (C=O) groups excluding carboxylic acids is 1. The molecule has 2 nitrogen and oxygen atoms in total. The second kappa shape index (κ2) is 9.86. The molecule has 0 radical (unpaired) electrons. The van der Waals surface area contributed by atoms with Crippen LogP contribution >= 0.6 is 35.0 Å². The van der Waals surface area contributed by atoms with Crippen LogP contribution in [0.3, 0.4) is 0 Å². The van der Waals surface area contributed by atoms with Gasteiger partial charge in [-0.2, -0.15) is 11.8 Å². The highest BCUT2D eigenvalue weighted by Gasteiger charge is 2.03. The van der Waals surface area contributed by atoms with Gasteiger partial charge in [-0.1, -0.05) is 53.5 Å². The van der Waals surface area contributed by atoms with E-state index in [2.05, 4.69) is 5.32 Å². The fraction of sp³-hybridized carbons (Fsp3) is 0.278. The van der Waals surface area contributed by atoms with Crippen LogP contribution in [0.15, 0.2) is 48.5 Å². The second-order valence-electron chi connectivity index (χ2n) is 5.12. The molecule has 0 spiro atoms. The predicted molar refractivity (Wildman–Crippen MR) is 100 cm³/mol. The van der Waals surface area contributed by atoms with Gasteiger partial charge in [0.2, 0.25) is 5.91 Å². The normalized spacial score (nSPS) is 10.5. The monoisotopic (exact) mass is 367 g/mol. The van der Waals surface area contributed by atoms with Gasteiger partial charge in [-0.15, -0.1) is 0 Å². The Bertz CT molecular complexity index is 631. The van der Waals surface area contributed by atoms with Crippen LogP contribution in [0, 0.1) is 0 Å². The van der Waals surface area contributed by atoms with Gasteiger partial charge in [0, 0.05) is 34.5 Å². The van der Waals surface area contributed by atoms with E-state index < -0.39 is 0 Å². The van der Waals surface area contributed by atoms with E-state index in [0.29, 0.717) is 13.0 Å². The lowest BCUT2D eigenvalue weighted by atomic mass is 10.1. The number of thioether (sulfide) groups is 1. The number of rotatable bonds is 8. The van der Waals surface area contributed by atoms with E-state index >= 15 is 0 Å². The quantitative estimate of drug-likeness (QED) is 0.666. The van der Waals surface area contributed by atoms with Crippen molar-refractivity contribution in [2.45, 2.75) is 18.6 Å². The van der Waals surface area contributed by atoms with Crippen molar-refractivity contribution in [2.24, 2.45) is 0 Å². The Morgan fingerprint density at radius 2 is 1.78 bits per heavy atom. The first-order valence-corrected chi connectivity index (χ1v) is 9.38. The average Bonchev–Trinajstić information content (AvgIpc) is 2.55. The molecule has 0 saturated heterocycles. The summed E-state index contributed by atoms with van der Waals surface area (Å²) in [5, 5.41) is 4.46. The summed E-state index contributed by atoms with van der Waals surface area (Å²) in [5.74, 6) is 1.71. The molecule has 0 aliphatic rings. The summed E-state index contributed by atoms with van der Waals surface area (Å²) in [6.07, 6.45) is 1.34. The zero-order chi connectivity index (χ0) is 16.5. The van der Waals surface area contributed by atoms with Crippen molar-refractivity contribution in [1.29, 1.82) is 0 Å². The fourth-order valence-electron chi connectivity index (χ4n) is 2.05. The molecule has 2 aromatic carbocycles. The number of halogens is 2. The van der Waals surface area contributed by atoms with Gasteiger partial charge in [0.05, 0.1) is 0 Å². The Morgan fingerprint density at radius 3 is 2.52 bits per heavy atom. The van der Waals surface area contributed by atoms with Crippen molar-refractivity contribution < 1.29 is 4.79 Å². The van der Waals surface area contributed by atoms with Gasteiger partial charge in [0.1, 0.15) is 0 Å². The first-order valence-electron chi connectivity index (χ1n) is 7.47. The molecule has 1 amide bonds. The zero-order valence-corrected chi connectivity index (χ0v) is 15.1. The van der Waals surface area contributed by atoms with Crippen LogP contribution in [0.25, 0.3) is 0 Å². The number of benzene rings is 2. The highest BCUT2D eigenvalue weighted by Crippen LogP contribution is 2.20. The largest absolute Gasteiger partial charge is 0.356 e. The molecular formula is C18H19Cl2NOS. The maximum atomic E-state index is 11.8. The molecule has 0 aliphatic carbocycles. The molecule has 0 aromatic heterocycles. The van der Waals surface area contributed by atoms with E-state index in [-0.39, 0.29) is 5.91 Å². The lowest BCUT2D eigenvalue weighted by Crippen LogP contribution is -2.25. The topological polar surface area (TPSA) is 29.1 Å². The van der Waals surface area contributed by atoms with Gasteiger partial charge in [-0.25, -0.2) is 0 Å². The molecule has 23 heavy (non-hydrogen) atoms. The number of amides is 1. The second-order valence-corrected chi connectivity index (χ2v) is 7.07. The van der Waals surface area contributed by atoms with E-state index in [1.807, 2.05) is 48.5 Å².